The quantitative estimate of drug-likeness (QED) is 0.628. The van der Waals surface area contributed by atoms with Crippen LogP contribution in [0.4, 0.5) is 0 Å². The molecule has 0 bridgehead atoms. The zero-order valence-electron chi connectivity index (χ0n) is 11.2. The predicted octanol–water partition coefficient (Wildman–Crippen LogP) is 0.759. The van der Waals surface area contributed by atoms with Crippen molar-refractivity contribution in [3.05, 3.63) is 18.0 Å². The van der Waals surface area contributed by atoms with Crippen LogP contribution in [0.2, 0.25) is 0 Å². The minimum Gasteiger partial charge on any atom is -0.467 e. The molecule has 1 N–H and O–H groups in total. The Morgan fingerprint density at radius 3 is 2.74 bits per heavy atom. The van der Waals surface area contributed by atoms with Crippen LogP contribution >= 0.6 is 0 Å². The third kappa shape index (κ3) is 3.85. The van der Waals surface area contributed by atoms with E-state index in [1.807, 2.05) is 13.8 Å². The molecule has 0 aromatic carbocycles. The molecule has 0 saturated carbocycles. The number of hydrogen-bond donors (Lipinski definition) is 1. The Morgan fingerprint density at radius 2 is 2.26 bits per heavy atom. The van der Waals surface area contributed by atoms with Crippen molar-refractivity contribution < 1.29 is 14.3 Å². The first-order chi connectivity index (χ1) is 8.99. The lowest BCUT2D eigenvalue weighted by Crippen LogP contribution is -2.41. The summed E-state index contributed by atoms with van der Waals surface area (Å²) >= 11 is 0. The van der Waals surface area contributed by atoms with Gasteiger partial charge in [0.1, 0.15) is 11.7 Å². The molecule has 1 rings (SSSR count). The zero-order chi connectivity index (χ0) is 14.4. The second kappa shape index (κ2) is 6.59. The lowest BCUT2D eigenvalue weighted by molar-refractivity contribution is -0.142. The van der Waals surface area contributed by atoms with Crippen molar-refractivity contribution in [2.45, 2.75) is 32.4 Å². The highest BCUT2D eigenvalue weighted by Gasteiger charge is 2.22. The van der Waals surface area contributed by atoms with Crippen molar-refractivity contribution in [2.75, 3.05) is 7.11 Å². The van der Waals surface area contributed by atoms with Gasteiger partial charge < -0.3 is 10.1 Å². The molecule has 102 valence electrons. The van der Waals surface area contributed by atoms with Crippen LogP contribution in [-0.2, 0) is 9.53 Å². The number of methoxy groups -OCH3 is 1. The molecule has 1 amide bonds. The molecule has 1 heterocycles. The molecule has 6 nitrogen and oxygen atoms in total. The van der Waals surface area contributed by atoms with E-state index in [9.17, 15) is 9.59 Å². The maximum Gasteiger partial charge on any atom is 0.329 e. The van der Waals surface area contributed by atoms with Gasteiger partial charge in [0.05, 0.1) is 7.11 Å². The van der Waals surface area contributed by atoms with Gasteiger partial charge in [0.15, 0.2) is 0 Å². The zero-order valence-corrected chi connectivity index (χ0v) is 11.2. The van der Waals surface area contributed by atoms with E-state index < -0.39 is 17.9 Å². The number of hydrogen-bond acceptors (Lipinski definition) is 4. The molecule has 1 aromatic heterocycles. The molecular weight excluding hydrogens is 246 g/mol. The molecule has 0 aliphatic rings. The lowest BCUT2D eigenvalue weighted by Gasteiger charge is -2.13. The first kappa shape index (κ1) is 14.8. The SMILES string of the molecule is C#CC[C@@H](NC(=O)c1ccn(C(C)C)n1)C(=O)OC. The van der Waals surface area contributed by atoms with Crippen LogP contribution in [0.5, 0.6) is 0 Å². The summed E-state index contributed by atoms with van der Waals surface area (Å²) < 4.78 is 6.23. The predicted molar refractivity (Wildman–Crippen MR) is 69.3 cm³/mol. The van der Waals surface area contributed by atoms with E-state index in [2.05, 4.69) is 21.1 Å². The Balaban J connectivity index is 2.76. The maximum atomic E-state index is 11.9. The summed E-state index contributed by atoms with van der Waals surface area (Å²) in [6.45, 7) is 3.90. The van der Waals surface area contributed by atoms with E-state index in [-0.39, 0.29) is 18.2 Å². The molecule has 6 heteroatoms. The van der Waals surface area contributed by atoms with Crippen LogP contribution in [0.15, 0.2) is 12.3 Å². The minimum absolute atomic E-state index is 0.0727. The van der Waals surface area contributed by atoms with Gasteiger partial charge in [-0.15, -0.1) is 12.3 Å². The molecular formula is C13H17N3O3. The van der Waals surface area contributed by atoms with Crippen molar-refractivity contribution in [3.63, 3.8) is 0 Å². The number of carbonyl (C=O) groups excluding carboxylic acids is 2. The summed E-state index contributed by atoms with van der Waals surface area (Å²) in [5, 5.41) is 6.61. The van der Waals surface area contributed by atoms with Crippen LogP contribution in [-0.4, -0.2) is 34.8 Å². The fraction of sp³-hybridized carbons (Fsp3) is 0.462. The largest absolute Gasteiger partial charge is 0.467 e. The lowest BCUT2D eigenvalue weighted by atomic mass is 10.2. The monoisotopic (exact) mass is 263 g/mol. The highest BCUT2D eigenvalue weighted by Crippen LogP contribution is 2.05. The summed E-state index contributed by atoms with van der Waals surface area (Å²) in [4.78, 5) is 23.3. The Morgan fingerprint density at radius 1 is 1.58 bits per heavy atom. The second-order valence-corrected chi connectivity index (χ2v) is 4.23. The van der Waals surface area contributed by atoms with Gasteiger partial charge in [-0.25, -0.2) is 4.79 Å². The molecule has 0 fully saturated rings. The third-order valence-electron chi connectivity index (χ3n) is 2.48. The van der Waals surface area contributed by atoms with E-state index in [1.54, 1.807) is 16.9 Å². The van der Waals surface area contributed by atoms with Gasteiger partial charge in [-0.3, -0.25) is 9.48 Å². The number of amides is 1. The number of ether oxygens (including phenoxy) is 1. The molecule has 1 aromatic rings. The fourth-order valence-electron chi connectivity index (χ4n) is 1.43. The highest BCUT2D eigenvalue weighted by atomic mass is 16.5. The Labute approximate surface area is 112 Å². The number of aromatic nitrogens is 2. The number of terminal acetylenes is 1. The molecule has 0 aliphatic carbocycles. The third-order valence-corrected chi connectivity index (χ3v) is 2.48. The second-order valence-electron chi connectivity index (χ2n) is 4.23. The van der Waals surface area contributed by atoms with E-state index in [0.717, 1.165) is 0 Å². The van der Waals surface area contributed by atoms with Crippen molar-refractivity contribution in [1.82, 2.24) is 15.1 Å². The number of carbonyl (C=O) groups is 2. The van der Waals surface area contributed by atoms with Crippen LogP contribution in [0.1, 0.15) is 36.8 Å². The van der Waals surface area contributed by atoms with Gasteiger partial charge in [-0.2, -0.15) is 5.10 Å². The first-order valence-corrected chi connectivity index (χ1v) is 5.87. The molecule has 0 saturated heterocycles. The Hall–Kier alpha value is -2.29. The minimum atomic E-state index is -0.855. The number of rotatable bonds is 5. The average molecular weight is 263 g/mol. The smallest absolute Gasteiger partial charge is 0.329 e. The van der Waals surface area contributed by atoms with Gasteiger partial charge >= 0.3 is 5.97 Å². The highest BCUT2D eigenvalue weighted by molar-refractivity contribution is 5.95. The Bertz CT molecular complexity index is 499. The van der Waals surface area contributed by atoms with Crippen molar-refractivity contribution in [2.24, 2.45) is 0 Å². The van der Waals surface area contributed by atoms with Crippen LogP contribution in [0, 0.1) is 12.3 Å². The normalized spacial score (nSPS) is 11.7. The van der Waals surface area contributed by atoms with Crippen LogP contribution < -0.4 is 5.32 Å². The average Bonchev–Trinajstić information content (AvgIpc) is 2.87. The molecule has 19 heavy (non-hydrogen) atoms. The van der Waals surface area contributed by atoms with Crippen molar-refractivity contribution >= 4 is 11.9 Å². The summed E-state index contributed by atoms with van der Waals surface area (Å²) in [7, 11) is 1.24. The topological polar surface area (TPSA) is 73.2 Å². The Kier molecular flexibility index (Phi) is 5.12. The van der Waals surface area contributed by atoms with Crippen LogP contribution in [0.3, 0.4) is 0 Å². The first-order valence-electron chi connectivity index (χ1n) is 5.87. The van der Waals surface area contributed by atoms with Gasteiger partial charge in [-0.1, -0.05) is 0 Å². The maximum absolute atomic E-state index is 11.9. The van der Waals surface area contributed by atoms with Gasteiger partial charge in [0, 0.05) is 18.7 Å². The van der Waals surface area contributed by atoms with Gasteiger partial charge in [0.25, 0.3) is 5.91 Å². The molecule has 0 radical (unpaired) electrons. The summed E-state index contributed by atoms with van der Waals surface area (Å²) in [6.07, 6.45) is 6.93. The number of nitrogens with one attached hydrogen (secondary N) is 1. The number of nitrogens with zero attached hydrogens (tertiary/aromatic N) is 2. The van der Waals surface area contributed by atoms with Crippen LogP contribution in [0.25, 0.3) is 0 Å². The van der Waals surface area contributed by atoms with E-state index in [4.69, 9.17) is 6.42 Å². The summed E-state index contributed by atoms with van der Waals surface area (Å²) in [5.74, 6) is 1.29. The molecule has 0 aliphatic heterocycles. The van der Waals surface area contributed by atoms with Crippen molar-refractivity contribution in [1.29, 1.82) is 0 Å². The van der Waals surface area contributed by atoms with E-state index >= 15 is 0 Å². The van der Waals surface area contributed by atoms with Crippen molar-refractivity contribution in [3.8, 4) is 12.3 Å². The van der Waals surface area contributed by atoms with Gasteiger partial charge in [0.2, 0.25) is 0 Å². The van der Waals surface area contributed by atoms with E-state index in [1.165, 1.54) is 7.11 Å². The molecule has 0 spiro atoms. The van der Waals surface area contributed by atoms with E-state index in [0.29, 0.717) is 0 Å². The molecule has 1 atom stereocenters. The summed E-state index contributed by atoms with van der Waals surface area (Å²) in [6, 6.07) is 0.884. The molecule has 0 unspecified atom stereocenters. The standard InChI is InChI=1S/C13H17N3O3/c1-5-6-11(13(18)19-4)14-12(17)10-7-8-16(15-10)9(2)3/h1,7-9,11H,6H2,2-4H3,(H,14,17)/t11-/m1/s1. The summed E-state index contributed by atoms with van der Waals surface area (Å²) in [5.41, 5.74) is 0.236. The van der Waals surface area contributed by atoms with Gasteiger partial charge in [-0.05, 0) is 19.9 Å². The number of esters is 1. The fourth-order valence-corrected chi connectivity index (χ4v) is 1.43.